The average Bonchev–Trinajstić information content (AvgIpc) is 2.38. The highest BCUT2D eigenvalue weighted by molar-refractivity contribution is 7.84. The summed E-state index contributed by atoms with van der Waals surface area (Å²) in [5, 5.41) is 0. The second-order valence-electron chi connectivity index (χ2n) is 3.77. The third kappa shape index (κ3) is 3.67. The van der Waals surface area contributed by atoms with Crippen LogP contribution in [0.4, 0.5) is 0 Å². The van der Waals surface area contributed by atoms with Crippen molar-refractivity contribution in [1.82, 2.24) is 4.90 Å². The Morgan fingerprint density at radius 1 is 1.22 bits per heavy atom. The molecule has 1 amide bonds. The van der Waals surface area contributed by atoms with Crippen LogP contribution in [0.15, 0.2) is 54.5 Å². The first kappa shape index (κ1) is 14.4. The topological polar surface area (TPSA) is 37.4 Å². The van der Waals surface area contributed by atoms with Gasteiger partial charge in [-0.2, -0.15) is 0 Å². The first-order valence-corrected chi connectivity index (χ1v) is 7.10. The van der Waals surface area contributed by atoms with Gasteiger partial charge in [-0.3, -0.25) is 9.00 Å². The van der Waals surface area contributed by atoms with Crippen LogP contribution in [0.2, 0.25) is 0 Å². The molecule has 96 valence electrons. The number of benzene rings is 1. The van der Waals surface area contributed by atoms with Crippen LogP contribution in [0, 0.1) is 0 Å². The lowest BCUT2D eigenvalue weighted by Gasteiger charge is -2.19. The number of hydrogen-bond acceptors (Lipinski definition) is 2. The number of carbonyl (C=O) groups excluding carboxylic acids is 1. The standard InChI is InChI=1S/C14H17NO2S/c1-4-10-15(11-5-2)14(16)12-6-8-13(9-7-12)18(3)17/h4-9H,1-2,10-11H2,3H3. The van der Waals surface area contributed by atoms with Gasteiger partial charge >= 0.3 is 0 Å². The summed E-state index contributed by atoms with van der Waals surface area (Å²) in [6, 6.07) is 6.81. The molecule has 0 saturated carbocycles. The summed E-state index contributed by atoms with van der Waals surface area (Å²) < 4.78 is 11.3. The van der Waals surface area contributed by atoms with E-state index in [2.05, 4.69) is 13.2 Å². The molecule has 1 aromatic rings. The highest BCUT2D eigenvalue weighted by atomic mass is 32.2. The second-order valence-corrected chi connectivity index (χ2v) is 5.15. The third-order valence-electron chi connectivity index (χ3n) is 2.42. The molecule has 0 aliphatic rings. The van der Waals surface area contributed by atoms with Gasteiger partial charge in [0.2, 0.25) is 0 Å². The van der Waals surface area contributed by atoms with Gasteiger partial charge in [0.15, 0.2) is 0 Å². The molecule has 1 rings (SSSR count). The van der Waals surface area contributed by atoms with Crippen molar-refractivity contribution >= 4 is 16.7 Å². The fourth-order valence-electron chi connectivity index (χ4n) is 1.52. The van der Waals surface area contributed by atoms with E-state index in [-0.39, 0.29) is 5.91 Å². The van der Waals surface area contributed by atoms with Crippen LogP contribution in [0.5, 0.6) is 0 Å². The Morgan fingerprint density at radius 2 is 1.72 bits per heavy atom. The lowest BCUT2D eigenvalue weighted by atomic mass is 10.2. The zero-order chi connectivity index (χ0) is 13.5. The molecule has 0 radical (unpaired) electrons. The van der Waals surface area contributed by atoms with E-state index in [1.165, 1.54) is 0 Å². The number of nitrogens with zero attached hydrogens (tertiary/aromatic N) is 1. The number of amides is 1. The van der Waals surface area contributed by atoms with Gasteiger partial charge in [0, 0.05) is 40.6 Å². The Bertz CT molecular complexity index is 455. The van der Waals surface area contributed by atoms with Gasteiger partial charge in [-0.15, -0.1) is 13.2 Å². The van der Waals surface area contributed by atoms with Gasteiger partial charge in [-0.1, -0.05) is 12.2 Å². The molecule has 0 aromatic heterocycles. The van der Waals surface area contributed by atoms with Gasteiger partial charge in [-0.05, 0) is 24.3 Å². The molecular weight excluding hydrogens is 246 g/mol. The highest BCUT2D eigenvalue weighted by Crippen LogP contribution is 2.10. The van der Waals surface area contributed by atoms with Crippen LogP contribution >= 0.6 is 0 Å². The van der Waals surface area contributed by atoms with Gasteiger partial charge in [-0.25, -0.2) is 0 Å². The minimum Gasteiger partial charge on any atom is -0.331 e. The van der Waals surface area contributed by atoms with Crippen LogP contribution in [0.3, 0.4) is 0 Å². The molecule has 0 aliphatic heterocycles. The molecule has 0 fully saturated rings. The molecule has 18 heavy (non-hydrogen) atoms. The molecule has 0 bridgehead atoms. The zero-order valence-corrected chi connectivity index (χ0v) is 11.3. The number of rotatable bonds is 6. The maximum atomic E-state index is 12.2. The molecule has 0 spiro atoms. The molecule has 1 aromatic carbocycles. The number of carbonyl (C=O) groups is 1. The van der Waals surface area contributed by atoms with Crippen molar-refractivity contribution in [1.29, 1.82) is 0 Å². The largest absolute Gasteiger partial charge is 0.331 e. The van der Waals surface area contributed by atoms with Crippen molar-refractivity contribution in [3.8, 4) is 0 Å². The Balaban J connectivity index is 2.90. The zero-order valence-electron chi connectivity index (χ0n) is 10.5. The Labute approximate surface area is 110 Å². The summed E-state index contributed by atoms with van der Waals surface area (Å²) in [4.78, 5) is 14.5. The summed E-state index contributed by atoms with van der Waals surface area (Å²) in [5.41, 5.74) is 0.577. The predicted octanol–water partition coefficient (Wildman–Crippen LogP) is 2.24. The number of hydrogen-bond donors (Lipinski definition) is 0. The third-order valence-corrected chi connectivity index (χ3v) is 3.36. The van der Waals surface area contributed by atoms with Crippen LogP contribution in [-0.2, 0) is 10.8 Å². The summed E-state index contributed by atoms with van der Waals surface area (Å²) >= 11 is 0. The van der Waals surface area contributed by atoms with Crippen LogP contribution in [0.25, 0.3) is 0 Å². The molecule has 0 aliphatic carbocycles. The second kappa shape index (κ2) is 6.91. The van der Waals surface area contributed by atoms with Crippen molar-refractivity contribution in [3.63, 3.8) is 0 Å². The molecule has 3 nitrogen and oxygen atoms in total. The highest BCUT2D eigenvalue weighted by Gasteiger charge is 2.13. The molecular formula is C14H17NO2S. The van der Waals surface area contributed by atoms with E-state index in [0.717, 1.165) is 0 Å². The molecule has 0 N–H and O–H groups in total. The summed E-state index contributed by atoms with van der Waals surface area (Å²) in [7, 11) is -1.03. The van der Waals surface area contributed by atoms with Gasteiger partial charge < -0.3 is 4.90 Å². The van der Waals surface area contributed by atoms with E-state index in [1.54, 1.807) is 47.6 Å². The fraction of sp³-hybridized carbons (Fsp3) is 0.214. The normalized spacial score (nSPS) is 11.6. The van der Waals surface area contributed by atoms with E-state index in [1.807, 2.05) is 0 Å². The minimum absolute atomic E-state index is 0.0803. The SMILES string of the molecule is C=CCN(CC=C)C(=O)c1ccc(S(C)=O)cc1. The Kier molecular flexibility index (Phi) is 5.52. The van der Waals surface area contributed by atoms with Crippen molar-refractivity contribution in [3.05, 3.63) is 55.1 Å². The summed E-state index contributed by atoms with van der Waals surface area (Å²) in [5.74, 6) is -0.0803. The van der Waals surface area contributed by atoms with Gasteiger partial charge in [0.1, 0.15) is 0 Å². The van der Waals surface area contributed by atoms with Crippen LogP contribution in [-0.4, -0.2) is 34.4 Å². The van der Waals surface area contributed by atoms with E-state index < -0.39 is 10.8 Å². The van der Waals surface area contributed by atoms with Crippen molar-refractivity contribution in [2.45, 2.75) is 4.90 Å². The Hall–Kier alpha value is -1.68. The van der Waals surface area contributed by atoms with Crippen LogP contribution in [0.1, 0.15) is 10.4 Å². The average molecular weight is 263 g/mol. The maximum Gasteiger partial charge on any atom is 0.254 e. The fourth-order valence-corrected chi connectivity index (χ4v) is 2.04. The summed E-state index contributed by atoms with van der Waals surface area (Å²) in [6.45, 7) is 8.21. The Morgan fingerprint density at radius 3 is 2.11 bits per heavy atom. The minimum atomic E-state index is -1.03. The maximum absolute atomic E-state index is 12.2. The molecule has 0 heterocycles. The lowest BCUT2D eigenvalue weighted by Crippen LogP contribution is -2.31. The lowest BCUT2D eigenvalue weighted by molar-refractivity contribution is 0.0791. The smallest absolute Gasteiger partial charge is 0.254 e. The van der Waals surface area contributed by atoms with Gasteiger partial charge in [0.25, 0.3) is 5.91 Å². The van der Waals surface area contributed by atoms with E-state index in [4.69, 9.17) is 0 Å². The monoisotopic (exact) mass is 263 g/mol. The predicted molar refractivity (Wildman–Crippen MR) is 75.1 cm³/mol. The van der Waals surface area contributed by atoms with Crippen molar-refractivity contribution < 1.29 is 9.00 Å². The van der Waals surface area contributed by atoms with Gasteiger partial charge in [0.05, 0.1) is 0 Å². The van der Waals surface area contributed by atoms with E-state index >= 15 is 0 Å². The van der Waals surface area contributed by atoms with Crippen molar-refractivity contribution in [2.24, 2.45) is 0 Å². The quantitative estimate of drug-likeness (QED) is 0.738. The first-order valence-electron chi connectivity index (χ1n) is 5.54. The van der Waals surface area contributed by atoms with E-state index in [0.29, 0.717) is 23.5 Å². The molecule has 0 saturated heterocycles. The molecule has 1 atom stereocenters. The van der Waals surface area contributed by atoms with Crippen molar-refractivity contribution in [2.75, 3.05) is 19.3 Å². The van der Waals surface area contributed by atoms with E-state index in [9.17, 15) is 9.00 Å². The van der Waals surface area contributed by atoms with Crippen LogP contribution < -0.4 is 0 Å². The first-order chi connectivity index (χ1) is 8.60. The molecule has 4 heteroatoms. The summed E-state index contributed by atoms with van der Waals surface area (Å²) in [6.07, 6.45) is 4.96. The molecule has 1 unspecified atom stereocenters.